The van der Waals surface area contributed by atoms with Gasteiger partial charge in [0, 0.05) is 13.1 Å². The third-order valence-electron chi connectivity index (χ3n) is 1.70. The van der Waals surface area contributed by atoms with E-state index in [0.717, 1.165) is 6.54 Å². The summed E-state index contributed by atoms with van der Waals surface area (Å²) in [6, 6.07) is 0. The molecule has 0 fully saturated rings. The predicted molar refractivity (Wildman–Crippen MR) is 51.3 cm³/mol. The Balaban J connectivity index is 2.63. The highest BCUT2D eigenvalue weighted by molar-refractivity contribution is 5.75. The predicted octanol–water partition coefficient (Wildman–Crippen LogP) is 1.10. The normalized spacial score (nSPS) is 29.6. The fourth-order valence-electron chi connectivity index (χ4n) is 0.870. The average molecular weight is 184 g/mol. The van der Waals surface area contributed by atoms with Gasteiger partial charge in [-0.15, -0.1) is 0 Å². The Morgan fingerprint density at radius 2 is 2.38 bits per heavy atom. The Morgan fingerprint density at radius 1 is 1.69 bits per heavy atom. The van der Waals surface area contributed by atoms with Crippen LogP contribution in [-0.2, 0) is 9.53 Å². The largest absolute Gasteiger partial charge is 0.456 e. The molecular weight excluding hydrogens is 166 g/mol. The standard InChI is InChI=1S/C10H17NO2/c1-10(2,3)9(12)13-8-5-4-6-11-7-8/h4-5,8,11H,6-7H2,1-3H3/i8D. The van der Waals surface area contributed by atoms with Crippen LogP contribution in [0.3, 0.4) is 0 Å². The lowest BCUT2D eigenvalue weighted by Gasteiger charge is -2.23. The summed E-state index contributed by atoms with van der Waals surface area (Å²) in [5.74, 6) is -0.346. The monoisotopic (exact) mass is 184 g/mol. The molecule has 0 bridgehead atoms. The SMILES string of the molecule is [2H]C1(OC(=O)C(C)(C)C)C=CCNC1. The second-order valence-electron chi connectivity index (χ2n) is 4.14. The molecule has 1 heterocycles. The summed E-state index contributed by atoms with van der Waals surface area (Å²) >= 11 is 0. The molecular formula is C10H17NO2. The van der Waals surface area contributed by atoms with Crippen molar-refractivity contribution >= 4 is 5.97 Å². The average Bonchev–Trinajstić information content (AvgIpc) is 2.02. The second kappa shape index (κ2) is 3.92. The molecule has 3 heteroatoms. The van der Waals surface area contributed by atoms with Gasteiger partial charge in [0.1, 0.15) is 6.08 Å². The minimum Gasteiger partial charge on any atom is -0.456 e. The van der Waals surface area contributed by atoms with Crippen LogP contribution < -0.4 is 5.32 Å². The van der Waals surface area contributed by atoms with Crippen molar-refractivity contribution in [3.63, 3.8) is 0 Å². The van der Waals surface area contributed by atoms with Gasteiger partial charge in [-0.05, 0) is 26.8 Å². The topological polar surface area (TPSA) is 38.3 Å². The maximum atomic E-state index is 11.5. The van der Waals surface area contributed by atoms with Crippen molar-refractivity contribution in [2.45, 2.75) is 26.9 Å². The summed E-state index contributed by atoms with van der Waals surface area (Å²) in [7, 11) is 0. The molecule has 1 aliphatic heterocycles. The highest BCUT2D eigenvalue weighted by Gasteiger charge is 2.25. The van der Waals surface area contributed by atoms with Gasteiger partial charge in [0.2, 0.25) is 0 Å². The first kappa shape index (κ1) is 8.75. The lowest BCUT2D eigenvalue weighted by atomic mass is 9.97. The van der Waals surface area contributed by atoms with Crippen molar-refractivity contribution < 1.29 is 10.9 Å². The molecule has 1 N–H and O–H groups in total. The molecule has 0 radical (unpaired) electrons. The van der Waals surface area contributed by atoms with Crippen LogP contribution in [0.25, 0.3) is 0 Å². The van der Waals surface area contributed by atoms with Crippen LogP contribution in [0.2, 0.25) is 0 Å². The number of hydrogen-bond acceptors (Lipinski definition) is 3. The number of ether oxygens (including phenoxy) is 1. The molecule has 1 unspecified atom stereocenters. The van der Waals surface area contributed by atoms with E-state index in [1.165, 1.54) is 0 Å². The number of nitrogens with one attached hydrogen (secondary N) is 1. The molecule has 3 nitrogen and oxygen atoms in total. The number of rotatable bonds is 1. The van der Waals surface area contributed by atoms with E-state index in [1.54, 1.807) is 32.9 Å². The molecule has 0 aromatic carbocycles. The molecule has 0 aliphatic carbocycles. The summed E-state index contributed by atoms with van der Waals surface area (Å²) in [5, 5.41) is 2.98. The zero-order valence-corrected chi connectivity index (χ0v) is 8.39. The fourth-order valence-corrected chi connectivity index (χ4v) is 0.870. The molecule has 1 rings (SSSR count). The van der Waals surface area contributed by atoms with E-state index in [0.29, 0.717) is 6.54 Å². The first-order valence-electron chi connectivity index (χ1n) is 4.95. The van der Waals surface area contributed by atoms with Crippen LogP contribution in [0.5, 0.6) is 0 Å². The Labute approximate surface area is 80.6 Å². The van der Waals surface area contributed by atoms with Crippen molar-refractivity contribution in [3.05, 3.63) is 12.2 Å². The van der Waals surface area contributed by atoms with E-state index in [-0.39, 0.29) is 5.97 Å². The van der Waals surface area contributed by atoms with Gasteiger partial charge in [0.25, 0.3) is 0 Å². The van der Waals surface area contributed by atoms with E-state index in [9.17, 15) is 4.79 Å². The quantitative estimate of drug-likeness (QED) is 0.490. The van der Waals surface area contributed by atoms with Crippen molar-refractivity contribution in [2.75, 3.05) is 13.1 Å². The molecule has 0 amide bonds. The summed E-state index contributed by atoms with van der Waals surface area (Å²) in [6.45, 7) is 6.41. The maximum Gasteiger partial charge on any atom is 0.311 e. The minimum atomic E-state index is -1.23. The van der Waals surface area contributed by atoms with Gasteiger partial charge in [-0.1, -0.05) is 6.08 Å². The smallest absolute Gasteiger partial charge is 0.311 e. The summed E-state index contributed by atoms with van der Waals surface area (Å²) in [6.07, 6.45) is 2.18. The molecule has 13 heavy (non-hydrogen) atoms. The maximum absolute atomic E-state index is 11.5. The zero-order chi connectivity index (χ0) is 10.8. The van der Waals surface area contributed by atoms with Crippen LogP contribution in [-0.4, -0.2) is 25.1 Å². The van der Waals surface area contributed by atoms with Crippen LogP contribution in [0, 0.1) is 5.41 Å². The van der Waals surface area contributed by atoms with E-state index in [1.807, 2.05) is 0 Å². The summed E-state index contributed by atoms with van der Waals surface area (Å²) in [5.41, 5.74) is -0.556. The van der Waals surface area contributed by atoms with Gasteiger partial charge in [0.15, 0.2) is 0 Å². The van der Waals surface area contributed by atoms with Gasteiger partial charge in [-0.3, -0.25) is 4.79 Å². The van der Waals surface area contributed by atoms with Gasteiger partial charge in [-0.25, -0.2) is 0 Å². The van der Waals surface area contributed by atoms with Gasteiger partial charge in [-0.2, -0.15) is 0 Å². The van der Waals surface area contributed by atoms with Crippen molar-refractivity contribution in [1.29, 1.82) is 0 Å². The Bertz CT molecular complexity index is 257. The number of carbonyl (C=O) groups excluding carboxylic acids is 1. The first-order chi connectivity index (χ1) is 6.33. The van der Waals surface area contributed by atoms with Gasteiger partial charge in [0.05, 0.1) is 6.79 Å². The molecule has 0 aromatic rings. The van der Waals surface area contributed by atoms with Crippen molar-refractivity contribution in [2.24, 2.45) is 5.41 Å². The van der Waals surface area contributed by atoms with E-state index >= 15 is 0 Å². The molecule has 0 saturated heterocycles. The van der Waals surface area contributed by atoms with Crippen molar-refractivity contribution in [1.82, 2.24) is 5.32 Å². The lowest BCUT2D eigenvalue weighted by Crippen LogP contribution is -2.36. The molecule has 74 valence electrons. The van der Waals surface area contributed by atoms with Crippen molar-refractivity contribution in [3.8, 4) is 0 Å². The number of esters is 1. The Kier molecular flexibility index (Phi) is 2.64. The van der Waals surface area contributed by atoms with Gasteiger partial charge < -0.3 is 10.1 Å². The molecule has 1 atom stereocenters. The molecule has 0 saturated carbocycles. The fraction of sp³-hybridized carbons (Fsp3) is 0.700. The van der Waals surface area contributed by atoms with Crippen LogP contribution in [0.4, 0.5) is 0 Å². The number of carbonyl (C=O) groups is 1. The van der Waals surface area contributed by atoms with Crippen LogP contribution in [0.15, 0.2) is 12.2 Å². The van der Waals surface area contributed by atoms with Crippen LogP contribution >= 0.6 is 0 Å². The second-order valence-corrected chi connectivity index (χ2v) is 4.14. The van der Waals surface area contributed by atoms with Gasteiger partial charge >= 0.3 is 5.97 Å². The third-order valence-corrected chi connectivity index (χ3v) is 1.70. The Hall–Kier alpha value is -0.830. The highest BCUT2D eigenvalue weighted by Crippen LogP contribution is 2.16. The minimum absolute atomic E-state index is 0.346. The third kappa shape index (κ3) is 3.19. The molecule has 1 aliphatic rings. The summed E-state index contributed by atoms with van der Waals surface area (Å²) in [4.78, 5) is 11.5. The first-order valence-corrected chi connectivity index (χ1v) is 4.45. The lowest BCUT2D eigenvalue weighted by molar-refractivity contribution is -0.156. The zero-order valence-electron chi connectivity index (χ0n) is 9.39. The Morgan fingerprint density at radius 3 is 2.85 bits per heavy atom. The van der Waals surface area contributed by atoms with E-state index in [4.69, 9.17) is 6.11 Å². The molecule has 0 aromatic heterocycles. The molecule has 0 spiro atoms. The highest BCUT2D eigenvalue weighted by atomic mass is 16.5. The summed E-state index contributed by atoms with van der Waals surface area (Å²) < 4.78 is 13.0. The number of hydrogen-bond donors (Lipinski definition) is 1. The van der Waals surface area contributed by atoms with E-state index in [2.05, 4.69) is 5.32 Å². The van der Waals surface area contributed by atoms with Crippen LogP contribution in [0.1, 0.15) is 22.1 Å². The van der Waals surface area contributed by atoms with E-state index < -0.39 is 11.5 Å².